The fourth-order valence-corrected chi connectivity index (χ4v) is 2.85. The molecule has 1 aromatic carbocycles. The molecule has 1 atom stereocenters. The van der Waals surface area contributed by atoms with Crippen LogP contribution in [0.3, 0.4) is 0 Å². The van der Waals surface area contributed by atoms with E-state index in [9.17, 15) is 0 Å². The van der Waals surface area contributed by atoms with E-state index in [2.05, 4.69) is 44.4 Å². The van der Waals surface area contributed by atoms with Gasteiger partial charge in [0, 0.05) is 11.0 Å². The zero-order valence-electron chi connectivity index (χ0n) is 8.87. The van der Waals surface area contributed by atoms with E-state index in [4.69, 9.17) is 4.74 Å². The second kappa shape index (κ2) is 4.18. The molecule has 84 valence electrons. The first kappa shape index (κ1) is 10.3. The highest BCUT2D eigenvalue weighted by atomic mass is 79.9. The molecule has 4 heteroatoms. The van der Waals surface area contributed by atoms with Crippen molar-refractivity contribution < 1.29 is 4.74 Å². The first-order chi connectivity index (χ1) is 7.86. The van der Waals surface area contributed by atoms with Crippen molar-refractivity contribution in [2.45, 2.75) is 12.5 Å². The van der Waals surface area contributed by atoms with E-state index in [0.717, 1.165) is 32.0 Å². The smallest absolute Gasteiger partial charge is 0.140 e. The Balaban J connectivity index is 2.02. The minimum Gasteiger partial charge on any atom is -0.369 e. The topological polar surface area (TPSA) is 33.6 Å². The number of ether oxygens (including phenoxy) is 1. The summed E-state index contributed by atoms with van der Waals surface area (Å²) in [5.41, 5.74) is 2.60. The monoisotopic (exact) mass is 280 g/mol. The van der Waals surface area contributed by atoms with Crippen molar-refractivity contribution in [1.82, 2.24) is 5.32 Å². The highest BCUT2D eigenvalue weighted by molar-refractivity contribution is 9.10. The van der Waals surface area contributed by atoms with Gasteiger partial charge in [-0.15, -0.1) is 0 Å². The maximum absolute atomic E-state index is 5.83. The molecule has 0 spiro atoms. The number of rotatable bonds is 1. The molecule has 1 unspecified atom stereocenters. The third-order valence-electron chi connectivity index (χ3n) is 3.02. The first-order valence-electron chi connectivity index (χ1n) is 5.53. The second-order valence-electron chi connectivity index (χ2n) is 4.00. The van der Waals surface area contributed by atoms with Crippen LogP contribution in [0.5, 0.6) is 0 Å². The molecule has 2 heterocycles. The van der Waals surface area contributed by atoms with E-state index in [1.165, 1.54) is 15.6 Å². The third kappa shape index (κ3) is 1.66. The lowest BCUT2D eigenvalue weighted by atomic mass is 9.97. The normalized spacial score (nSPS) is 23.6. The van der Waals surface area contributed by atoms with Crippen LogP contribution in [0.25, 0.3) is 0 Å². The lowest BCUT2D eigenvalue weighted by molar-refractivity contribution is 0.0858. The summed E-state index contributed by atoms with van der Waals surface area (Å²) in [6.07, 6.45) is 0.976. The molecular weight excluding hydrogens is 268 g/mol. The standard InChI is InChI=1S/C12H13BrN2O/c13-10-3-1-2-9-8(10)4-7-16-11(9)12-14-5-6-15-12/h1-3,11H,4-7H2,(H,14,15). The summed E-state index contributed by atoms with van der Waals surface area (Å²) in [6, 6.07) is 6.28. The number of hydrogen-bond donors (Lipinski definition) is 1. The summed E-state index contributed by atoms with van der Waals surface area (Å²) in [4.78, 5) is 4.45. The fraction of sp³-hybridized carbons (Fsp3) is 0.417. The van der Waals surface area contributed by atoms with E-state index in [1.807, 2.05) is 0 Å². The molecule has 0 fully saturated rings. The number of aliphatic imine (C=N–C) groups is 1. The molecule has 1 aromatic rings. The Bertz CT molecular complexity index is 445. The van der Waals surface area contributed by atoms with Crippen LogP contribution in [-0.2, 0) is 11.2 Å². The van der Waals surface area contributed by atoms with Crippen LogP contribution in [0.2, 0.25) is 0 Å². The van der Waals surface area contributed by atoms with Crippen LogP contribution in [0, 0.1) is 0 Å². The molecule has 0 amide bonds. The van der Waals surface area contributed by atoms with Gasteiger partial charge in [-0.25, -0.2) is 0 Å². The van der Waals surface area contributed by atoms with Crippen LogP contribution in [0.15, 0.2) is 27.7 Å². The summed E-state index contributed by atoms with van der Waals surface area (Å²) in [6.45, 7) is 2.55. The number of hydrogen-bond acceptors (Lipinski definition) is 3. The van der Waals surface area contributed by atoms with Crippen LogP contribution in [-0.4, -0.2) is 25.5 Å². The Morgan fingerprint density at radius 3 is 3.19 bits per heavy atom. The molecule has 0 bridgehead atoms. The molecule has 3 rings (SSSR count). The Labute approximate surface area is 103 Å². The Hall–Kier alpha value is -0.870. The van der Waals surface area contributed by atoms with Gasteiger partial charge >= 0.3 is 0 Å². The Morgan fingerprint density at radius 1 is 1.44 bits per heavy atom. The predicted octanol–water partition coefficient (Wildman–Crippen LogP) is 2.06. The molecular formula is C12H13BrN2O. The van der Waals surface area contributed by atoms with Crippen molar-refractivity contribution in [2.75, 3.05) is 19.7 Å². The lowest BCUT2D eigenvalue weighted by Gasteiger charge is -2.26. The highest BCUT2D eigenvalue weighted by Crippen LogP contribution is 2.32. The zero-order valence-corrected chi connectivity index (χ0v) is 10.5. The lowest BCUT2D eigenvalue weighted by Crippen LogP contribution is -2.31. The average molecular weight is 281 g/mol. The van der Waals surface area contributed by atoms with Gasteiger partial charge in [-0.2, -0.15) is 0 Å². The van der Waals surface area contributed by atoms with Gasteiger partial charge in [0.25, 0.3) is 0 Å². The van der Waals surface area contributed by atoms with Crippen LogP contribution in [0.1, 0.15) is 17.2 Å². The van der Waals surface area contributed by atoms with Crippen LogP contribution in [0.4, 0.5) is 0 Å². The van der Waals surface area contributed by atoms with Gasteiger partial charge < -0.3 is 10.1 Å². The Kier molecular flexibility index (Phi) is 2.69. The number of benzene rings is 1. The minimum atomic E-state index is 0.00347. The molecule has 0 radical (unpaired) electrons. The molecule has 3 nitrogen and oxygen atoms in total. The van der Waals surface area contributed by atoms with E-state index in [0.29, 0.717) is 0 Å². The van der Waals surface area contributed by atoms with Gasteiger partial charge in [-0.3, -0.25) is 4.99 Å². The van der Waals surface area contributed by atoms with Crippen molar-refractivity contribution >= 4 is 21.8 Å². The van der Waals surface area contributed by atoms with Crippen molar-refractivity contribution in [3.8, 4) is 0 Å². The maximum atomic E-state index is 5.83. The highest BCUT2D eigenvalue weighted by Gasteiger charge is 2.27. The second-order valence-corrected chi connectivity index (χ2v) is 4.86. The number of fused-ring (bicyclic) bond motifs is 1. The summed E-state index contributed by atoms with van der Waals surface area (Å²) < 4.78 is 7.01. The summed E-state index contributed by atoms with van der Waals surface area (Å²) in [5.74, 6) is 0.985. The number of nitrogens with one attached hydrogen (secondary N) is 1. The van der Waals surface area contributed by atoms with Gasteiger partial charge in [0.15, 0.2) is 0 Å². The number of nitrogens with zero attached hydrogens (tertiary/aromatic N) is 1. The minimum absolute atomic E-state index is 0.00347. The first-order valence-corrected chi connectivity index (χ1v) is 6.32. The molecule has 0 saturated carbocycles. The molecule has 0 aromatic heterocycles. The van der Waals surface area contributed by atoms with Gasteiger partial charge in [-0.1, -0.05) is 28.1 Å². The van der Waals surface area contributed by atoms with Crippen molar-refractivity contribution in [3.05, 3.63) is 33.8 Å². The number of halogens is 1. The SMILES string of the molecule is Brc1cccc2c1CCOC2C1=NCCN1. The maximum Gasteiger partial charge on any atom is 0.140 e. The summed E-state index contributed by atoms with van der Waals surface area (Å²) in [7, 11) is 0. The summed E-state index contributed by atoms with van der Waals surface area (Å²) in [5, 5.41) is 3.30. The summed E-state index contributed by atoms with van der Waals surface area (Å²) >= 11 is 3.60. The van der Waals surface area contributed by atoms with Gasteiger partial charge in [0.05, 0.1) is 13.2 Å². The molecule has 2 aliphatic heterocycles. The predicted molar refractivity (Wildman–Crippen MR) is 66.8 cm³/mol. The van der Waals surface area contributed by atoms with Crippen LogP contribution < -0.4 is 5.32 Å². The number of amidine groups is 1. The third-order valence-corrected chi connectivity index (χ3v) is 3.77. The fourth-order valence-electron chi connectivity index (χ4n) is 2.27. The average Bonchev–Trinajstić information content (AvgIpc) is 2.82. The zero-order chi connectivity index (χ0) is 11.0. The quantitative estimate of drug-likeness (QED) is 0.855. The van der Waals surface area contributed by atoms with Crippen molar-refractivity contribution in [3.63, 3.8) is 0 Å². The van der Waals surface area contributed by atoms with Crippen molar-refractivity contribution in [2.24, 2.45) is 4.99 Å². The van der Waals surface area contributed by atoms with Gasteiger partial charge in [0.1, 0.15) is 11.9 Å². The van der Waals surface area contributed by atoms with Gasteiger partial charge in [-0.05, 0) is 23.6 Å². The van der Waals surface area contributed by atoms with E-state index >= 15 is 0 Å². The van der Waals surface area contributed by atoms with Crippen LogP contribution >= 0.6 is 15.9 Å². The molecule has 0 saturated heterocycles. The van der Waals surface area contributed by atoms with E-state index in [-0.39, 0.29) is 6.10 Å². The Morgan fingerprint density at radius 2 is 2.38 bits per heavy atom. The van der Waals surface area contributed by atoms with Crippen molar-refractivity contribution in [1.29, 1.82) is 0 Å². The van der Waals surface area contributed by atoms with E-state index < -0.39 is 0 Å². The molecule has 1 N–H and O–H groups in total. The van der Waals surface area contributed by atoms with Gasteiger partial charge in [0.2, 0.25) is 0 Å². The molecule has 16 heavy (non-hydrogen) atoms. The van der Waals surface area contributed by atoms with E-state index in [1.54, 1.807) is 0 Å². The largest absolute Gasteiger partial charge is 0.369 e. The molecule has 0 aliphatic carbocycles. The molecule has 2 aliphatic rings.